The smallest absolute Gasteiger partial charge is 0.264 e. The van der Waals surface area contributed by atoms with E-state index in [2.05, 4.69) is 27.9 Å². The number of carbonyl (C=O) groups is 2. The van der Waals surface area contributed by atoms with Crippen LogP contribution < -0.4 is 9.62 Å². The fourth-order valence-corrected chi connectivity index (χ4v) is 6.41. The number of amides is 2. The first-order valence-electron chi connectivity index (χ1n) is 12.8. The van der Waals surface area contributed by atoms with Gasteiger partial charge in [-0.15, -0.1) is 0 Å². The van der Waals surface area contributed by atoms with E-state index < -0.39 is 34.3 Å². The number of hydrogen-bond donors (Lipinski definition) is 1. The summed E-state index contributed by atoms with van der Waals surface area (Å²) in [6, 6.07) is 19.6. The summed E-state index contributed by atoms with van der Waals surface area (Å²) in [4.78, 5) is 28.5. The van der Waals surface area contributed by atoms with Crippen LogP contribution in [0.5, 0.6) is 0 Å². The third kappa shape index (κ3) is 7.36. The minimum atomic E-state index is -4.11. The minimum absolute atomic E-state index is 0.0181. The lowest BCUT2D eigenvalue weighted by atomic mass is 10.1. The SMILES string of the molecule is C[C@@H](C(=O)NC1CCCC1)N(Cc1ccc(F)cc1)C(=O)CN(c1ccc(I)cc1)S(=O)(=O)c1ccccc1. The molecular formula is C29H31FIN3O4S. The van der Waals surface area contributed by atoms with Crippen molar-refractivity contribution >= 4 is 50.1 Å². The van der Waals surface area contributed by atoms with Crippen molar-refractivity contribution in [3.8, 4) is 0 Å². The number of benzene rings is 3. The van der Waals surface area contributed by atoms with E-state index >= 15 is 0 Å². The average molecular weight is 664 g/mol. The molecule has 3 aromatic rings. The van der Waals surface area contributed by atoms with Gasteiger partial charge in [0.15, 0.2) is 0 Å². The molecule has 1 atom stereocenters. The van der Waals surface area contributed by atoms with Crippen LogP contribution in [-0.2, 0) is 26.2 Å². The highest BCUT2D eigenvalue weighted by Crippen LogP contribution is 2.25. The van der Waals surface area contributed by atoms with Crippen molar-refractivity contribution in [1.29, 1.82) is 0 Å². The van der Waals surface area contributed by atoms with Crippen LogP contribution in [-0.4, -0.2) is 43.8 Å². The Morgan fingerprint density at radius 3 is 2.21 bits per heavy atom. The van der Waals surface area contributed by atoms with Crippen LogP contribution in [0.25, 0.3) is 0 Å². The van der Waals surface area contributed by atoms with Crippen molar-refractivity contribution in [2.24, 2.45) is 0 Å². The van der Waals surface area contributed by atoms with Crippen molar-refractivity contribution in [2.75, 3.05) is 10.8 Å². The molecule has 2 amide bonds. The Bertz CT molecular complexity index is 1380. The summed E-state index contributed by atoms with van der Waals surface area (Å²) in [7, 11) is -4.11. The largest absolute Gasteiger partial charge is 0.352 e. The molecule has 0 radical (unpaired) electrons. The van der Waals surface area contributed by atoms with Gasteiger partial charge in [-0.1, -0.05) is 43.2 Å². The Morgan fingerprint density at radius 2 is 1.59 bits per heavy atom. The quantitative estimate of drug-likeness (QED) is 0.306. The molecule has 1 aliphatic carbocycles. The van der Waals surface area contributed by atoms with E-state index in [1.807, 2.05) is 0 Å². The maximum Gasteiger partial charge on any atom is 0.264 e. The second-order valence-electron chi connectivity index (χ2n) is 9.62. The zero-order valence-electron chi connectivity index (χ0n) is 21.6. The van der Waals surface area contributed by atoms with Gasteiger partial charge < -0.3 is 10.2 Å². The lowest BCUT2D eigenvalue weighted by Crippen LogP contribution is -2.52. The molecule has 7 nitrogen and oxygen atoms in total. The van der Waals surface area contributed by atoms with Gasteiger partial charge >= 0.3 is 0 Å². The average Bonchev–Trinajstić information content (AvgIpc) is 3.45. The third-order valence-electron chi connectivity index (χ3n) is 6.86. The number of hydrogen-bond acceptors (Lipinski definition) is 4. The maximum atomic E-state index is 13.9. The van der Waals surface area contributed by atoms with E-state index in [0.29, 0.717) is 11.3 Å². The maximum absolute atomic E-state index is 13.9. The van der Waals surface area contributed by atoms with E-state index in [9.17, 15) is 22.4 Å². The van der Waals surface area contributed by atoms with E-state index in [-0.39, 0.29) is 23.4 Å². The van der Waals surface area contributed by atoms with Crippen LogP contribution in [0.15, 0.2) is 83.8 Å². The standard InChI is InChI=1S/C29H31FIN3O4S/c1-21(29(36)32-25-7-5-6-8-25)33(19-22-11-13-23(30)14-12-22)28(35)20-34(26-17-15-24(31)16-18-26)39(37,38)27-9-3-2-4-10-27/h2-4,9-18,21,25H,5-8,19-20H2,1H3,(H,32,36)/t21-/m0/s1. The first-order valence-corrected chi connectivity index (χ1v) is 15.3. The Hall–Kier alpha value is -2.99. The molecule has 0 aromatic heterocycles. The zero-order valence-corrected chi connectivity index (χ0v) is 24.6. The highest BCUT2D eigenvalue weighted by molar-refractivity contribution is 14.1. The fraction of sp³-hybridized carbons (Fsp3) is 0.310. The number of sulfonamides is 1. The highest BCUT2D eigenvalue weighted by Gasteiger charge is 2.33. The van der Waals surface area contributed by atoms with E-state index in [1.165, 1.54) is 29.2 Å². The summed E-state index contributed by atoms with van der Waals surface area (Å²) in [5.41, 5.74) is 0.953. The molecule has 206 valence electrons. The Labute approximate surface area is 242 Å². The van der Waals surface area contributed by atoms with Gasteiger partial charge in [-0.3, -0.25) is 13.9 Å². The number of nitrogens with zero attached hydrogens (tertiary/aromatic N) is 2. The number of rotatable bonds is 10. The molecule has 0 heterocycles. The molecule has 10 heteroatoms. The number of nitrogens with one attached hydrogen (secondary N) is 1. The van der Waals surface area contributed by atoms with Crippen LogP contribution in [0, 0.1) is 9.39 Å². The lowest BCUT2D eigenvalue weighted by Gasteiger charge is -2.32. The molecule has 0 unspecified atom stereocenters. The highest BCUT2D eigenvalue weighted by atomic mass is 127. The summed E-state index contributed by atoms with van der Waals surface area (Å²) in [5.74, 6) is -1.27. The number of anilines is 1. The predicted octanol–water partition coefficient (Wildman–Crippen LogP) is 5.10. The van der Waals surface area contributed by atoms with E-state index in [4.69, 9.17) is 0 Å². The van der Waals surface area contributed by atoms with Crippen molar-refractivity contribution in [3.05, 3.63) is 93.8 Å². The molecule has 3 aromatic carbocycles. The molecule has 39 heavy (non-hydrogen) atoms. The van der Waals surface area contributed by atoms with Gasteiger partial charge in [0.1, 0.15) is 18.4 Å². The van der Waals surface area contributed by atoms with Gasteiger partial charge in [-0.25, -0.2) is 12.8 Å². The Balaban J connectivity index is 1.66. The van der Waals surface area contributed by atoms with Crippen molar-refractivity contribution in [3.63, 3.8) is 0 Å². The summed E-state index contributed by atoms with van der Waals surface area (Å²) in [6.45, 7) is 1.14. The van der Waals surface area contributed by atoms with Gasteiger partial charge in [-0.2, -0.15) is 0 Å². The predicted molar refractivity (Wildman–Crippen MR) is 157 cm³/mol. The monoisotopic (exact) mass is 663 g/mol. The minimum Gasteiger partial charge on any atom is -0.352 e. The number of halogens is 2. The molecule has 1 aliphatic rings. The third-order valence-corrected chi connectivity index (χ3v) is 9.37. The molecule has 1 N–H and O–H groups in total. The van der Waals surface area contributed by atoms with Crippen molar-refractivity contribution < 1.29 is 22.4 Å². The topological polar surface area (TPSA) is 86.8 Å². The van der Waals surface area contributed by atoms with Gasteiger partial charge in [0.25, 0.3) is 10.0 Å². The fourth-order valence-electron chi connectivity index (χ4n) is 4.62. The van der Waals surface area contributed by atoms with Crippen LogP contribution in [0.1, 0.15) is 38.2 Å². The Morgan fingerprint density at radius 1 is 0.974 bits per heavy atom. The number of carbonyl (C=O) groups excluding carboxylic acids is 2. The van der Waals surface area contributed by atoms with Gasteiger partial charge in [0.05, 0.1) is 10.6 Å². The molecule has 0 spiro atoms. The summed E-state index contributed by atoms with van der Waals surface area (Å²) < 4.78 is 43.0. The summed E-state index contributed by atoms with van der Waals surface area (Å²) in [5, 5.41) is 3.03. The first-order chi connectivity index (χ1) is 18.6. The second-order valence-corrected chi connectivity index (χ2v) is 12.7. The first kappa shape index (κ1) is 29.0. The molecule has 1 fully saturated rings. The normalized spacial score (nSPS) is 14.5. The zero-order chi connectivity index (χ0) is 28.0. The Kier molecular flexibility index (Phi) is 9.60. The van der Waals surface area contributed by atoms with Gasteiger partial charge in [0.2, 0.25) is 11.8 Å². The molecule has 0 aliphatic heterocycles. The molecular weight excluding hydrogens is 632 g/mol. The second kappa shape index (κ2) is 12.9. The van der Waals surface area contributed by atoms with E-state index in [0.717, 1.165) is 33.6 Å². The van der Waals surface area contributed by atoms with Gasteiger partial charge in [0, 0.05) is 16.2 Å². The lowest BCUT2D eigenvalue weighted by molar-refractivity contribution is -0.139. The van der Waals surface area contributed by atoms with Crippen molar-refractivity contribution in [2.45, 2.75) is 56.1 Å². The van der Waals surface area contributed by atoms with Crippen molar-refractivity contribution in [1.82, 2.24) is 10.2 Å². The summed E-state index contributed by atoms with van der Waals surface area (Å²) >= 11 is 2.12. The van der Waals surface area contributed by atoms with Crippen LogP contribution in [0.2, 0.25) is 0 Å². The van der Waals surface area contributed by atoms with Gasteiger partial charge in [-0.05, 0) is 96.5 Å². The molecule has 4 rings (SSSR count). The van der Waals surface area contributed by atoms with Crippen LogP contribution >= 0.6 is 22.6 Å². The van der Waals surface area contributed by atoms with E-state index in [1.54, 1.807) is 61.5 Å². The summed E-state index contributed by atoms with van der Waals surface area (Å²) in [6.07, 6.45) is 3.86. The van der Waals surface area contributed by atoms with Crippen LogP contribution in [0.3, 0.4) is 0 Å². The molecule has 0 saturated heterocycles. The molecule has 0 bridgehead atoms. The molecule has 1 saturated carbocycles. The van der Waals surface area contributed by atoms with Crippen LogP contribution in [0.4, 0.5) is 10.1 Å².